The Balaban J connectivity index is 0.000000191. The number of benzene rings is 7. The van der Waals surface area contributed by atoms with Crippen LogP contribution in [-0.2, 0) is 40.6 Å². The van der Waals surface area contributed by atoms with Crippen LogP contribution in [0.1, 0.15) is 93.3 Å². The number of nitrogens with one attached hydrogen (secondary N) is 1. The number of hydrogen-bond acceptors (Lipinski definition) is 15. The highest BCUT2D eigenvalue weighted by Crippen LogP contribution is 2.41. The fourth-order valence-electron chi connectivity index (χ4n) is 9.79. The number of carbonyl (C=O) groups is 2. The predicted molar refractivity (Wildman–Crippen MR) is 322 cm³/mol. The first-order valence-electron chi connectivity index (χ1n) is 27.5. The molecule has 0 spiro atoms. The average Bonchev–Trinajstić information content (AvgIpc) is 3.49. The number of sulfone groups is 1. The molecule has 0 fully saturated rings. The summed E-state index contributed by atoms with van der Waals surface area (Å²) in [5.74, 6) is 3.76. The van der Waals surface area contributed by atoms with Crippen molar-refractivity contribution in [3.8, 4) is 40.2 Å². The molecule has 0 saturated heterocycles. The number of methoxy groups -OCH3 is 4. The molecule has 1 N–H and O–H groups in total. The molecule has 438 valence electrons. The summed E-state index contributed by atoms with van der Waals surface area (Å²) in [5.41, 5.74) is 9.81. The molecule has 17 nitrogen and oxygen atoms in total. The normalized spacial score (nSPS) is 14.5. The van der Waals surface area contributed by atoms with Gasteiger partial charge in [0.05, 0.1) is 52.0 Å². The van der Waals surface area contributed by atoms with Crippen molar-refractivity contribution in [1.82, 2.24) is 30.4 Å². The van der Waals surface area contributed by atoms with Crippen LogP contribution in [0.2, 0.25) is 0 Å². The second-order valence-electron chi connectivity index (χ2n) is 21.0. The standard InChI is InChI=1S/C30H33N5O6S.C27H29NO3.C9H10O2/c1-30(2,3)41-29(36)34-16-15-22-17-27(40-19-21-11-7-5-8-12-21)26(39-4)18-24(22)25(34)20-42(37,38)28-31-32-33-35(28)23-13-9-6-10-14-23;1-19-15-20(10-12-25(19)29-2)9-11-24-23-17-26(30-3)27(16-22(23)13-14-28-24)31-18-21-7-5-4-6-8-21;1-7-5-8(6-10)3-4-9(7)11-2/h5-14,17-18,25H,15-16,19-20H2,1-4H3;4-12,15-17,24,28H,13-14,18H2,1-3H3;3-6H,1-2H3/b;11-9+;. The third kappa shape index (κ3) is 15.8. The predicted octanol–water partition coefficient (Wildman–Crippen LogP) is 11.9. The Morgan fingerprint density at radius 1 is 0.643 bits per heavy atom. The zero-order chi connectivity index (χ0) is 59.8. The maximum Gasteiger partial charge on any atom is 0.410 e. The van der Waals surface area contributed by atoms with Crippen LogP contribution >= 0.6 is 0 Å². The fourth-order valence-corrected chi connectivity index (χ4v) is 11.3. The van der Waals surface area contributed by atoms with Gasteiger partial charge in [-0.15, -0.1) is 0 Å². The molecule has 1 aromatic heterocycles. The average molecular weight is 1160 g/mol. The zero-order valence-corrected chi connectivity index (χ0v) is 49.7. The number of rotatable bonds is 17. The number of aromatic nitrogens is 4. The topological polar surface area (TPSA) is 192 Å². The minimum atomic E-state index is -4.12. The number of tetrazole rings is 1. The molecule has 2 aliphatic rings. The maximum absolute atomic E-state index is 13.9. The van der Waals surface area contributed by atoms with Crippen LogP contribution in [-0.4, -0.2) is 98.8 Å². The van der Waals surface area contributed by atoms with E-state index >= 15 is 0 Å². The molecule has 0 aliphatic carbocycles. The van der Waals surface area contributed by atoms with Crippen molar-refractivity contribution in [3.05, 3.63) is 213 Å². The van der Waals surface area contributed by atoms with E-state index in [2.05, 4.69) is 76.3 Å². The molecule has 2 aliphatic heterocycles. The number of amides is 1. The Morgan fingerprint density at radius 3 is 1.70 bits per heavy atom. The van der Waals surface area contributed by atoms with Crippen LogP contribution in [0.25, 0.3) is 11.8 Å². The van der Waals surface area contributed by atoms with Gasteiger partial charge in [-0.3, -0.25) is 9.69 Å². The lowest BCUT2D eigenvalue weighted by atomic mass is 9.93. The number of carbonyl (C=O) groups excluding carboxylic acids is 2. The molecule has 7 aromatic carbocycles. The van der Waals surface area contributed by atoms with Crippen molar-refractivity contribution < 1.29 is 51.2 Å². The minimum absolute atomic E-state index is 0.128. The molecule has 8 aromatic rings. The minimum Gasteiger partial charge on any atom is -0.496 e. The molecule has 10 rings (SSSR count). The van der Waals surface area contributed by atoms with E-state index in [0.717, 1.165) is 75.6 Å². The Labute approximate surface area is 492 Å². The molecule has 84 heavy (non-hydrogen) atoms. The van der Waals surface area contributed by atoms with E-state index in [9.17, 15) is 18.0 Å². The number of aryl methyl sites for hydroxylation is 2. The van der Waals surface area contributed by atoms with E-state index in [1.54, 1.807) is 90.6 Å². The summed E-state index contributed by atoms with van der Waals surface area (Å²) in [6, 6.07) is 47.3. The van der Waals surface area contributed by atoms with Gasteiger partial charge in [0.25, 0.3) is 5.16 Å². The van der Waals surface area contributed by atoms with Crippen molar-refractivity contribution in [2.45, 2.75) is 83.5 Å². The lowest BCUT2D eigenvalue weighted by molar-refractivity contribution is 0.0162. The highest BCUT2D eigenvalue weighted by Gasteiger charge is 2.39. The third-order valence-corrected chi connectivity index (χ3v) is 15.5. The smallest absolute Gasteiger partial charge is 0.410 e. The van der Waals surface area contributed by atoms with Crippen LogP contribution in [0.15, 0.2) is 163 Å². The van der Waals surface area contributed by atoms with Gasteiger partial charge in [0.2, 0.25) is 9.84 Å². The summed E-state index contributed by atoms with van der Waals surface area (Å²) < 4.78 is 68.6. The highest BCUT2D eigenvalue weighted by molar-refractivity contribution is 7.91. The maximum atomic E-state index is 13.9. The van der Waals surface area contributed by atoms with E-state index in [-0.39, 0.29) is 17.7 Å². The number of nitrogens with zero attached hydrogens (tertiary/aromatic N) is 5. The fraction of sp³-hybridized carbons (Fsp3) is 0.288. The Kier molecular flexibility index (Phi) is 20.6. The van der Waals surface area contributed by atoms with Gasteiger partial charge in [0.15, 0.2) is 23.0 Å². The molecule has 2 unspecified atom stereocenters. The molecular formula is C66H72N6O11S. The monoisotopic (exact) mass is 1160 g/mol. The van der Waals surface area contributed by atoms with E-state index in [4.69, 9.17) is 33.2 Å². The summed E-state index contributed by atoms with van der Waals surface area (Å²) in [6.07, 6.45) is 6.02. The first kappa shape index (κ1) is 61.1. The van der Waals surface area contributed by atoms with Gasteiger partial charge >= 0.3 is 6.09 Å². The number of ether oxygens (including phenoxy) is 7. The Hall–Kier alpha value is -9.00. The van der Waals surface area contributed by atoms with Crippen LogP contribution in [0.4, 0.5) is 4.79 Å². The summed E-state index contributed by atoms with van der Waals surface area (Å²) in [6.45, 7) is 11.3. The third-order valence-electron chi connectivity index (χ3n) is 14.0. The van der Waals surface area contributed by atoms with Gasteiger partial charge in [-0.2, -0.15) is 4.68 Å². The molecule has 0 radical (unpaired) electrons. The van der Waals surface area contributed by atoms with E-state index in [1.165, 1.54) is 27.8 Å². The first-order valence-corrected chi connectivity index (χ1v) is 29.1. The summed E-state index contributed by atoms with van der Waals surface area (Å²) >= 11 is 0. The van der Waals surface area contributed by atoms with Crippen molar-refractivity contribution in [1.29, 1.82) is 0 Å². The second-order valence-corrected chi connectivity index (χ2v) is 22.9. The molecular weight excluding hydrogens is 1080 g/mol. The lowest BCUT2D eigenvalue weighted by Gasteiger charge is -2.38. The molecule has 2 atom stereocenters. The van der Waals surface area contributed by atoms with Crippen LogP contribution < -0.4 is 33.7 Å². The van der Waals surface area contributed by atoms with Gasteiger partial charge in [-0.25, -0.2) is 13.2 Å². The van der Waals surface area contributed by atoms with Gasteiger partial charge in [-0.1, -0.05) is 102 Å². The van der Waals surface area contributed by atoms with Crippen molar-refractivity contribution >= 4 is 28.3 Å². The van der Waals surface area contributed by atoms with E-state index in [1.807, 2.05) is 73.7 Å². The lowest BCUT2D eigenvalue weighted by Crippen LogP contribution is -2.45. The molecule has 18 heteroatoms. The molecule has 3 heterocycles. The summed E-state index contributed by atoms with van der Waals surface area (Å²) in [5, 5.41) is 14.7. The van der Waals surface area contributed by atoms with Crippen molar-refractivity contribution in [3.63, 3.8) is 0 Å². The number of para-hydroxylation sites is 1. The summed E-state index contributed by atoms with van der Waals surface area (Å²) in [7, 11) is 2.41. The largest absolute Gasteiger partial charge is 0.496 e. The van der Waals surface area contributed by atoms with Gasteiger partial charge in [-0.05, 0) is 175 Å². The zero-order valence-electron chi connectivity index (χ0n) is 48.9. The number of aldehydes is 1. The molecule has 1 amide bonds. The van der Waals surface area contributed by atoms with Gasteiger partial charge in [0, 0.05) is 18.7 Å². The number of hydrogen-bond donors (Lipinski definition) is 1. The Morgan fingerprint density at radius 2 is 1.17 bits per heavy atom. The second kappa shape index (κ2) is 28.3. The van der Waals surface area contributed by atoms with Crippen LogP contribution in [0.3, 0.4) is 0 Å². The van der Waals surface area contributed by atoms with Crippen LogP contribution in [0.5, 0.6) is 34.5 Å². The number of fused-ring (bicyclic) bond motifs is 2. The molecule has 0 saturated carbocycles. The molecule has 0 bridgehead atoms. The quantitative estimate of drug-likeness (QED) is 0.0846. The van der Waals surface area contributed by atoms with Gasteiger partial charge in [0.1, 0.15) is 36.6 Å². The van der Waals surface area contributed by atoms with Crippen molar-refractivity contribution in [2.75, 3.05) is 47.3 Å². The SMILES string of the molecule is COc1cc2c(cc1OCc1ccccc1)CCN(C(=O)OC(C)(C)C)C2CS(=O)(=O)c1nnnn1-c1ccccc1.COc1ccc(/C=C/C2NCCc3cc(OCc4ccccc4)c(OC)cc32)cc1C.COc1ccc(C=O)cc1C. The van der Waals surface area contributed by atoms with E-state index < -0.39 is 33.3 Å². The first-order chi connectivity index (χ1) is 40.5. The highest BCUT2D eigenvalue weighted by atomic mass is 32.2. The summed E-state index contributed by atoms with van der Waals surface area (Å²) in [4.78, 5) is 25.2. The van der Waals surface area contributed by atoms with Crippen LogP contribution in [0, 0.1) is 13.8 Å². The Bertz CT molecular complexity index is 3650. The van der Waals surface area contributed by atoms with Gasteiger partial charge < -0.3 is 38.5 Å². The van der Waals surface area contributed by atoms with E-state index in [0.29, 0.717) is 47.9 Å². The van der Waals surface area contributed by atoms with Crippen molar-refractivity contribution in [2.24, 2.45) is 0 Å².